The molecule has 0 bridgehead atoms. The molecule has 0 aliphatic carbocycles. The van der Waals surface area contributed by atoms with Crippen molar-refractivity contribution in [1.29, 1.82) is 0 Å². The van der Waals surface area contributed by atoms with Crippen molar-refractivity contribution >= 4 is 5.69 Å². The van der Waals surface area contributed by atoms with Crippen molar-refractivity contribution in [2.24, 2.45) is 0 Å². The fraction of sp³-hybridized carbons (Fsp3) is 0.538. The van der Waals surface area contributed by atoms with Crippen molar-refractivity contribution in [2.75, 3.05) is 25.1 Å². The first kappa shape index (κ1) is 13.8. The molecule has 3 N–H and O–H groups in total. The van der Waals surface area contributed by atoms with Gasteiger partial charge in [0.2, 0.25) is 0 Å². The number of nitrogens with one attached hydrogen (secondary N) is 1. The Labute approximate surface area is 102 Å². The van der Waals surface area contributed by atoms with Crippen LogP contribution in [-0.4, -0.2) is 36.1 Å². The lowest BCUT2D eigenvalue weighted by atomic mass is 10.3. The Morgan fingerprint density at radius 1 is 1.35 bits per heavy atom. The molecular formula is C13H21NO3. The average Bonchev–Trinajstić information content (AvgIpc) is 2.34. The Hall–Kier alpha value is -1.26. The third-order valence-corrected chi connectivity index (χ3v) is 2.38. The molecule has 1 unspecified atom stereocenters. The molecule has 0 aromatic heterocycles. The summed E-state index contributed by atoms with van der Waals surface area (Å²) in [4.78, 5) is 0. The molecule has 0 fully saturated rings. The Morgan fingerprint density at radius 2 is 2.12 bits per heavy atom. The molecule has 4 heteroatoms. The number of aromatic hydroxyl groups is 1. The number of phenols is 1. The number of aliphatic hydroxyl groups excluding tert-OH is 1. The van der Waals surface area contributed by atoms with E-state index in [9.17, 15) is 10.2 Å². The molecule has 4 nitrogen and oxygen atoms in total. The Kier molecular flexibility index (Phi) is 6.43. The monoisotopic (exact) mass is 239 g/mol. The summed E-state index contributed by atoms with van der Waals surface area (Å²) in [6.07, 6.45) is 1.54. The second-order valence-electron chi connectivity index (χ2n) is 3.98. The first-order valence-electron chi connectivity index (χ1n) is 6.01. The minimum absolute atomic E-state index is 0.187. The van der Waals surface area contributed by atoms with Gasteiger partial charge in [-0.25, -0.2) is 0 Å². The van der Waals surface area contributed by atoms with E-state index in [-0.39, 0.29) is 5.75 Å². The van der Waals surface area contributed by atoms with E-state index in [4.69, 9.17) is 4.74 Å². The lowest BCUT2D eigenvalue weighted by Crippen LogP contribution is -2.25. The first-order chi connectivity index (χ1) is 8.24. The number of ether oxygens (including phenoxy) is 1. The summed E-state index contributed by atoms with van der Waals surface area (Å²) in [7, 11) is 0. The van der Waals surface area contributed by atoms with E-state index in [1.165, 1.54) is 0 Å². The number of aliphatic hydroxyl groups is 1. The highest BCUT2D eigenvalue weighted by Gasteiger charge is 2.05. The van der Waals surface area contributed by atoms with Gasteiger partial charge in [-0.2, -0.15) is 0 Å². The van der Waals surface area contributed by atoms with Crippen LogP contribution in [0.25, 0.3) is 0 Å². The molecule has 0 spiro atoms. The number of hydrogen-bond donors (Lipinski definition) is 3. The van der Waals surface area contributed by atoms with Crippen LogP contribution < -0.4 is 5.32 Å². The third kappa shape index (κ3) is 5.56. The highest BCUT2D eigenvalue weighted by atomic mass is 16.5. The number of benzene rings is 1. The molecule has 0 amide bonds. The molecule has 1 atom stereocenters. The van der Waals surface area contributed by atoms with Gasteiger partial charge in [0.25, 0.3) is 0 Å². The number of hydrogen-bond acceptors (Lipinski definition) is 4. The van der Waals surface area contributed by atoms with Crippen molar-refractivity contribution in [3.8, 4) is 5.75 Å². The maximum atomic E-state index is 9.63. The van der Waals surface area contributed by atoms with Crippen LogP contribution in [-0.2, 0) is 4.74 Å². The predicted octanol–water partition coefficient (Wildman–Crippen LogP) is 1.98. The van der Waals surface area contributed by atoms with E-state index in [1.807, 2.05) is 6.07 Å². The van der Waals surface area contributed by atoms with E-state index >= 15 is 0 Å². The van der Waals surface area contributed by atoms with Crippen LogP contribution in [0.1, 0.15) is 19.8 Å². The molecule has 0 aliphatic rings. The molecule has 0 saturated heterocycles. The van der Waals surface area contributed by atoms with Crippen LogP contribution in [0.15, 0.2) is 24.3 Å². The Bertz CT molecular complexity index is 317. The number of phenolic OH excluding ortho intramolecular Hbond substituents is 1. The summed E-state index contributed by atoms with van der Waals surface area (Å²) in [6.45, 7) is 3.47. The van der Waals surface area contributed by atoms with Gasteiger partial charge in [-0.05, 0) is 18.6 Å². The molecule has 17 heavy (non-hydrogen) atoms. The second-order valence-corrected chi connectivity index (χ2v) is 3.98. The van der Waals surface area contributed by atoms with E-state index in [0.717, 1.165) is 12.8 Å². The zero-order chi connectivity index (χ0) is 12.5. The molecule has 96 valence electrons. The normalized spacial score (nSPS) is 12.4. The maximum absolute atomic E-state index is 9.63. The lowest BCUT2D eigenvalue weighted by Gasteiger charge is -2.13. The SMILES string of the molecule is CCCCOCC(O)CNc1ccccc1O. The highest BCUT2D eigenvalue weighted by molar-refractivity contribution is 5.55. The summed E-state index contributed by atoms with van der Waals surface area (Å²) in [5.74, 6) is 0.187. The summed E-state index contributed by atoms with van der Waals surface area (Å²) >= 11 is 0. The molecule has 1 aromatic rings. The molecule has 1 aromatic carbocycles. The van der Waals surface area contributed by atoms with E-state index in [0.29, 0.717) is 25.4 Å². The summed E-state index contributed by atoms with van der Waals surface area (Å²) in [5, 5.41) is 22.1. The number of para-hydroxylation sites is 2. The van der Waals surface area contributed by atoms with Crippen LogP contribution >= 0.6 is 0 Å². The van der Waals surface area contributed by atoms with Crippen molar-refractivity contribution in [3.63, 3.8) is 0 Å². The fourth-order valence-electron chi connectivity index (χ4n) is 1.38. The zero-order valence-corrected chi connectivity index (χ0v) is 10.2. The number of rotatable bonds is 8. The lowest BCUT2D eigenvalue weighted by molar-refractivity contribution is 0.0421. The van der Waals surface area contributed by atoms with Crippen LogP contribution in [0.2, 0.25) is 0 Å². The van der Waals surface area contributed by atoms with Gasteiger partial charge in [-0.1, -0.05) is 25.5 Å². The topological polar surface area (TPSA) is 61.7 Å². The van der Waals surface area contributed by atoms with E-state index in [2.05, 4.69) is 12.2 Å². The predicted molar refractivity (Wildman–Crippen MR) is 68.3 cm³/mol. The molecular weight excluding hydrogens is 218 g/mol. The largest absolute Gasteiger partial charge is 0.506 e. The van der Waals surface area contributed by atoms with Gasteiger partial charge in [-0.3, -0.25) is 0 Å². The third-order valence-electron chi connectivity index (χ3n) is 2.38. The van der Waals surface area contributed by atoms with Gasteiger partial charge in [0.15, 0.2) is 0 Å². The van der Waals surface area contributed by atoms with Crippen LogP contribution in [0, 0.1) is 0 Å². The average molecular weight is 239 g/mol. The van der Waals surface area contributed by atoms with Gasteiger partial charge >= 0.3 is 0 Å². The van der Waals surface area contributed by atoms with Crippen LogP contribution in [0.3, 0.4) is 0 Å². The van der Waals surface area contributed by atoms with Crippen molar-refractivity contribution in [1.82, 2.24) is 0 Å². The number of unbranched alkanes of at least 4 members (excludes halogenated alkanes) is 1. The minimum atomic E-state index is -0.563. The molecule has 0 heterocycles. The van der Waals surface area contributed by atoms with Gasteiger partial charge < -0.3 is 20.3 Å². The Balaban J connectivity index is 2.19. The molecule has 0 saturated carbocycles. The van der Waals surface area contributed by atoms with Crippen molar-refractivity contribution in [2.45, 2.75) is 25.9 Å². The summed E-state index contributed by atoms with van der Waals surface area (Å²) in [6, 6.07) is 6.95. The standard InChI is InChI=1S/C13H21NO3/c1-2-3-8-17-10-11(15)9-14-12-6-4-5-7-13(12)16/h4-7,11,14-16H,2-3,8-10H2,1H3. The quantitative estimate of drug-likeness (QED) is 0.479. The number of anilines is 1. The van der Waals surface area contributed by atoms with E-state index in [1.54, 1.807) is 18.2 Å². The van der Waals surface area contributed by atoms with Crippen molar-refractivity contribution < 1.29 is 14.9 Å². The highest BCUT2D eigenvalue weighted by Crippen LogP contribution is 2.21. The van der Waals surface area contributed by atoms with Gasteiger partial charge in [-0.15, -0.1) is 0 Å². The maximum Gasteiger partial charge on any atom is 0.138 e. The van der Waals surface area contributed by atoms with Crippen molar-refractivity contribution in [3.05, 3.63) is 24.3 Å². The van der Waals surface area contributed by atoms with Gasteiger partial charge in [0.1, 0.15) is 5.75 Å². The summed E-state index contributed by atoms with van der Waals surface area (Å²) < 4.78 is 5.30. The fourth-order valence-corrected chi connectivity index (χ4v) is 1.38. The van der Waals surface area contributed by atoms with E-state index < -0.39 is 6.10 Å². The second kappa shape index (κ2) is 7.92. The molecule has 0 radical (unpaired) electrons. The van der Waals surface area contributed by atoms with Crippen LogP contribution in [0.4, 0.5) is 5.69 Å². The minimum Gasteiger partial charge on any atom is -0.506 e. The first-order valence-corrected chi connectivity index (χ1v) is 6.01. The smallest absolute Gasteiger partial charge is 0.138 e. The molecule has 1 rings (SSSR count). The zero-order valence-electron chi connectivity index (χ0n) is 10.2. The molecule has 0 aliphatic heterocycles. The van der Waals surface area contributed by atoms with Gasteiger partial charge in [0, 0.05) is 13.2 Å². The van der Waals surface area contributed by atoms with Crippen LogP contribution in [0.5, 0.6) is 5.75 Å². The summed E-state index contributed by atoms with van der Waals surface area (Å²) in [5.41, 5.74) is 0.625. The van der Waals surface area contributed by atoms with Gasteiger partial charge in [0.05, 0.1) is 18.4 Å². The Morgan fingerprint density at radius 3 is 2.82 bits per heavy atom.